The standard InChI is InChI=1S/C8H2N4/c9-3-1-7(5-11)8(6-12)2-4-10/h1-2H. The molecule has 0 heterocycles. The summed E-state index contributed by atoms with van der Waals surface area (Å²) in [5.74, 6) is 0. The van der Waals surface area contributed by atoms with Gasteiger partial charge in [0, 0.05) is 12.2 Å². The van der Waals surface area contributed by atoms with Crippen LogP contribution in [0.25, 0.3) is 0 Å². The van der Waals surface area contributed by atoms with E-state index in [1.807, 2.05) is 0 Å². The molecule has 0 N–H and O–H groups in total. The van der Waals surface area contributed by atoms with Gasteiger partial charge in [0.1, 0.15) is 12.1 Å². The molecule has 12 heavy (non-hydrogen) atoms. The van der Waals surface area contributed by atoms with Crippen LogP contribution in [0.15, 0.2) is 23.3 Å². The van der Waals surface area contributed by atoms with E-state index in [-0.39, 0.29) is 11.1 Å². The third-order valence-corrected chi connectivity index (χ3v) is 0.949. The van der Waals surface area contributed by atoms with Crippen molar-refractivity contribution < 1.29 is 0 Å². The molecule has 0 aliphatic rings. The van der Waals surface area contributed by atoms with Gasteiger partial charge < -0.3 is 0 Å². The van der Waals surface area contributed by atoms with Crippen LogP contribution < -0.4 is 0 Å². The third kappa shape index (κ3) is 2.36. The summed E-state index contributed by atoms with van der Waals surface area (Å²) in [6, 6.07) is 6.48. The fraction of sp³-hybridized carbons (Fsp3) is 0. The summed E-state index contributed by atoms with van der Waals surface area (Å²) in [5, 5.41) is 33.2. The Balaban J connectivity index is 5.09. The van der Waals surface area contributed by atoms with Crippen molar-refractivity contribution in [3.63, 3.8) is 0 Å². The SMILES string of the molecule is N#CC=C(C#N)C(C#N)=CC#N. The number of rotatable bonds is 1. The first kappa shape index (κ1) is 9.44. The monoisotopic (exact) mass is 154 g/mol. The molecule has 0 bridgehead atoms. The van der Waals surface area contributed by atoms with E-state index in [1.54, 1.807) is 24.3 Å². The second-order valence-electron chi connectivity index (χ2n) is 1.60. The highest BCUT2D eigenvalue weighted by molar-refractivity contribution is 5.53. The molecule has 0 aromatic carbocycles. The van der Waals surface area contributed by atoms with Crippen molar-refractivity contribution in [3.05, 3.63) is 23.3 Å². The molecule has 0 unspecified atom stereocenters. The normalized spacial score (nSPS) is 10.3. The van der Waals surface area contributed by atoms with Crippen molar-refractivity contribution in [1.82, 2.24) is 0 Å². The van der Waals surface area contributed by atoms with Crippen LogP contribution in [0.4, 0.5) is 0 Å². The van der Waals surface area contributed by atoms with Crippen LogP contribution in [0.5, 0.6) is 0 Å². The number of nitriles is 4. The minimum Gasteiger partial charge on any atom is -0.193 e. The fourth-order valence-electron chi connectivity index (χ4n) is 0.470. The molecule has 4 heteroatoms. The zero-order valence-corrected chi connectivity index (χ0v) is 5.94. The van der Waals surface area contributed by atoms with E-state index >= 15 is 0 Å². The first-order chi connectivity index (χ1) is 5.79. The molecule has 0 saturated carbocycles. The van der Waals surface area contributed by atoms with Crippen LogP contribution in [0.1, 0.15) is 0 Å². The predicted octanol–water partition coefficient (Wildman–Crippen LogP) is 0.934. The molecule has 4 nitrogen and oxygen atoms in total. The lowest BCUT2D eigenvalue weighted by molar-refractivity contribution is 1.42. The van der Waals surface area contributed by atoms with E-state index in [4.69, 9.17) is 21.0 Å². The molecule has 0 aliphatic heterocycles. The zero-order chi connectivity index (χ0) is 9.40. The van der Waals surface area contributed by atoms with Gasteiger partial charge in [-0.2, -0.15) is 21.0 Å². The highest BCUT2D eigenvalue weighted by atomic mass is 14.3. The van der Waals surface area contributed by atoms with Gasteiger partial charge in [-0.15, -0.1) is 0 Å². The number of hydrogen-bond donors (Lipinski definition) is 0. The minimum atomic E-state index is -0.0958. The fourth-order valence-corrected chi connectivity index (χ4v) is 0.470. The first-order valence-electron chi connectivity index (χ1n) is 2.80. The van der Waals surface area contributed by atoms with Gasteiger partial charge in [-0.05, 0) is 0 Å². The molecule has 0 aromatic rings. The average molecular weight is 154 g/mol. The Kier molecular flexibility index (Phi) is 4.12. The van der Waals surface area contributed by atoms with Crippen molar-refractivity contribution in [2.75, 3.05) is 0 Å². The quantitative estimate of drug-likeness (QED) is 0.414. The lowest BCUT2D eigenvalue weighted by Gasteiger charge is -1.86. The highest BCUT2D eigenvalue weighted by Gasteiger charge is 2.01. The Morgan fingerprint density at radius 1 is 0.750 bits per heavy atom. The van der Waals surface area contributed by atoms with Crippen molar-refractivity contribution in [2.45, 2.75) is 0 Å². The van der Waals surface area contributed by atoms with Gasteiger partial charge in [0.05, 0.1) is 23.3 Å². The lowest BCUT2D eigenvalue weighted by Crippen LogP contribution is -1.82. The van der Waals surface area contributed by atoms with Gasteiger partial charge in [0.2, 0.25) is 0 Å². The Morgan fingerprint density at radius 3 is 1.25 bits per heavy atom. The van der Waals surface area contributed by atoms with Gasteiger partial charge in [-0.25, -0.2) is 0 Å². The zero-order valence-electron chi connectivity index (χ0n) is 5.94. The molecule has 0 amide bonds. The van der Waals surface area contributed by atoms with E-state index in [9.17, 15) is 0 Å². The van der Waals surface area contributed by atoms with Gasteiger partial charge in [0.15, 0.2) is 0 Å². The summed E-state index contributed by atoms with van der Waals surface area (Å²) in [6.07, 6.45) is 1.85. The van der Waals surface area contributed by atoms with Crippen LogP contribution in [-0.4, -0.2) is 0 Å². The van der Waals surface area contributed by atoms with Crippen LogP contribution in [0.3, 0.4) is 0 Å². The summed E-state index contributed by atoms with van der Waals surface area (Å²) < 4.78 is 0. The van der Waals surface area contributed by atoms with E-state index < -0.39 is 0 Å². The maximum Gasteiger partial charge on any atom is 0.101 e. The lowest BCUT2D eigenvalue weighted by atomic mass is 10.1. The van der Waals surface area contributed by atoms with E-state index in [0.717, 1.165) is 12.2 Å². The number of nitrogens with zero attached hydrogens (tertiary/aromatic N) is 4. The molecule has 54 valence electrons. The third-order valence-electron chi connectivity index (χ3n) is 0.949. The molecule has 0 spiro atoms. The van der Waals surface area contributed by atoms with Crippen molar-refractivity contribution >= 4 is 0 Å². The number of hydrogen-bond acceptors (Lipinski definition) is 4. The van der Waals surface area contributed by atoms with Crippen molar-refractivity contribution in [3.8, 4) is 24.3 Å². The highest BCUT2D eigenvalue weighted by Crippen LogP contribution is 2.06. The summed E-state index contributed by atoms with van der Waals surface area (Å²) in [6.45, 7) is 0. The van der Waals surface area contributed by atoms with Gasteiger partial charge in [-0.1, -0.05) is 0 Å². The summed E-state index contributed by atoms with van der Waals surface area (Å²) >= 11 is 0. The second-order valence-corrected chi connectivity index (χ2v) is 1.60. The molecule has 0 radical (unpaired) electrons. The maximum atomic E-state index is 8.41. The maximum absolute atomic E-state index is 8.41. The molecule has 0 aliphatic carbocycles. The molecule has 0 fully saturated rings. The Bertz CT molecular complexity index is 347. The Morgan fingerprint density at radius 2 is 1.08 bits per heavy atom. The van der Waals surface area contributed by atoms with Crippen molar-refractivity contribution in [1.29, 1.82) is 21.0 Å². The van der Waals surface area contributed by atoms with Crippen molar-refractivity contribution in [2.24, 2.45) is 0 Å². The smallest absolute Gasteiger partial charge is 0.101 e. The molecule has 0 atom stereocenters. The largest absolute Gasteiger partial charge is 0.193 e. The van der Waals surface area contributed by atoms with Gasteiger partial charge in [-0.3, -0.25) is 0 Å². The molecule has 0 rings (SSSR count). The molecular formula is C8H2N4. The molecule has 0 saturated heterocycles. The van der Waals surface area contributed by atoms with E-state index in [1.165, 1.54) is 0 Å². The van der Waals surface area contributed by atoms with E-state index in [0.29, 0.717) is 0 Å². The van der Waals surface area contributed by atoms with E-state index in [2.05, 4.69) is 0 Å². The number of allylic oxidation sites excluding steroid dienone is 4. The van der Waals surface area contributed by atoms with Crippen LogP contribution in [0.2, 0.25) is 0 Å². The summed E-state index contributed by atoms with van der Waals surface area (Å²) in [5.41, 5.74) is -0.192. The van der Waals surface area contributed by atoms with Gasteiger partial charge >= 0.3 is 0 Å². The molecule has 0 aromatic heterocycles. The van der Waals surface area contributed by atoms with Crippen LogP contribution >= 0.6 is 0 Å². The molecular weight excluding hydrogens is 152 g/mol. The topological polar surface area (TPSA) is 95.2 Å². The first-order valence-corrected chi connectivity index (χ1v) is 2.80. The second kappa shape index (κ2) is 5.24. The summed E-state index contributed by atoms with van der Waals surface area (Å²) in [4.78, 5) is 0. The average Bonchev–Trinajstić information content (AvgIpc) is 2.11. The van der Waals surface area contributed by atoms with Gasteiger partial charge in [0.25, 0.3) is 0 Å². The Labute approximate surface area is 69.5 Å². The Hall–Kier alpha value is -2.56. The predicted molar refractivity (Wildman–Crippen MR) is 38.6 cm³/mol. The summed E-state index contributed by atoms with van der Waals surface area (Å²) in [7, 11) is 0. The minimum absolute atomic E-state index is 0.0958. The van der Waals surface area contributed by atoms with Crippen LogP contribution in [0, 0.1) is 45.3 Å². The van der Waals surface area contributed by atoms with Crippen LogP contribution in [-0.2, 0) is 0 Å².